The van der Waals surface area contributed by atoms with E-state index in [4.69, 9.17) is 9.84 Å². The van der Waals surface area contributed by atoms with Gasteiger partial charge >= 0.3 is 17.5 Å². The lowest BCUT2D eigenvalue weighted by atomic mass is 10.1. The third-order valence-corrected chi connectivity index (χ3v) is 2.55. The highest BCUT2D eigenvalue weighted by atomic mass is 16.6. The number of nitro groups is 1. The number of aryl methyl sites for hydroxylation is 2. The highest BCUT2D eigenvalue weighted by Gasteiger charge is 2.23. The highest BCUT2D eigenvalue weighted by molar-refractivity contribution is 5.91. The molecule has 1 heterocycles. The van der Waals surface area contributed by atoms with Crippen LogP contribution in [0.2, 0.25) is 0 Å². The molecule has 8 nitrogen and oxygen atoms in total. The van der Waals surface area contributed by atoms with E-state index in [1.807, 2.05) is 0 Å². The van der Waals surface area contributed by atoms with Crippen LogP contribution < -0.4 is 4.74 Å². The zero-order chi connectivity index (χ0) is 14.9. The number of aromatic nitrogens is 2. The van der Waals surface area contributed by atoms with Gasteiger partial charge in [0, 0.05) is 7.05 Å². The molecule has 0 aliphatic heterocycles. The third-order valence-electron chi connectivity index (χ3n) is 2.55. The first kappa shape index (κ1) is 13.5. The van der Waals surface area contributed by atoms with Crippen molar-refractivity contribution < 1.29 is 19.6 Å². The van der Waals surface area contributed by atoms with Crippen LogP contribution in [0.4, 0.5) is 5.69 Å². The molecule has 8 heteroatoms. The molecule has 1 aromatic heterocycles. The van der Waals surface area contributed by atoms with Crippen LogP contribution in [0.5, 0.6) is 11.6 Å². The van der Waals surface area contributed by atoms with Gasteiger partial charge in [-0.25, -0.2) is 4.79 Å². The standard InChI is InChI=1S/C12H11N3O5/c1-7-3-4-8(12(16)17)10(5-7)20-11-9(15(18)19)6-14(2)13-11/h3-6H,1-2H3,(H,16,17). The van der Waals surface area contributed by atoms with Crippen LogP contribution in [-0.2, 0) is 7.05 Å². The minimum Gasteiger partial charge on any atom is -0.478 e. The minimum atomic E-state index is -1.18. The number of hydrogen-bond donors (Lipinski definition) is 1. The molecular formula is C12H11N3O5. The van der Waals surface area contributed by atoms with Crippen molar-refractivity contribution >= 4 is 11.7 Å². The first-order valence-electron chi connectivity index (χ1n) is 5.58. The Balaban J connectivity index is 2.47. The maximum atomic E-state index is 11.1. The summed E-state index contributed by atoms with van der Waals surface area (Å²) in [6.07, 6.45) is 1.19. The Bertz CT molecular complexity index is 692. The van der Waals surface area contributed by atoms with Crippen molar-refractivity contribution in [3.63, 3.8) is 0 Å². The Hall–Kier alpha value is -2.90. The van der Waals surface area contributed by atoms with Crippen molar-refractivity contribution in [1.82, 2.24) is 9.78 Å². The number of ether oxygens (including phenoxy) is 1. The second-order valence-corrected chi connectivity index (χ2v) is 4.16. The summed E-state index contributed by atoms with van der Waals surface area (Å²) in [7, 11) is 1.51. The molecule has 0 atom stereocenters. The quantitative estimate of drug-likeness (QED) is 0.677. The molecule has 2 rings (SSSR count). The van der Waals surface area contributed by atoms with Crippen molar-refractivity contribution in [3.05, 3.63) is 45.6 Å². The summed E-state index contributed by atoms with van der Waals surface area (Å²) < 4.78 is 6.54. The molecule has 0 amide bonds. The first-order valence-corrected chi connectivity index (χ1v) is 5.58. The second-order valence-electron chi connectivity index (χ2n) is 4.16. The maximum absolute atomic E-state index is 11.1. The maximum Gasteiger partial charge on any atom is 0.350 e. The van der Waals surface area contributed by atoms with Crippen LogP contribution in [0.1, 0.15) is 15.9 Å². The van der Waals surface area contributed by atoms with Crippen LogP contribution in [0.15, 0.2) is 24.4 Å². The molecule has 0 bridgehead atoms. The van der Waals surface area contributed by atoms with Crippen molar-refractivity contribution in [2.45, 2.75) is 6.92 Å². The largest absolute Gasteiger partial charge is 0.478 e. The van der Waals surface area contributed by atoms with E-state index in [1.165, 1.54) is 30.1 Å². The van der Waals surface area contributed by atoms with Gasteiger partial charge in [-0.3, -0.25) is 14.8 Å². The van der Waals surface area contributed by atoms with Gasteiger partial charge in [-0.1, -0.05) is 6.07 Å². The summed E-state index contributed by atoms with van der Waals surface area (Å²) in [6.45, 7) is 1.76. The number of hydrogen-bond acceptors (Lipinski definition) is 5. The Morgan fingerprint density at radius 2 is 2.20 bits per heavy atom. The predicted octanol–water partition coefficient (Wildman–Crippen LogP) is 2.13. The van der Waals surface area contributed by atoms with Gasteiger partial charge in [-0.15, -0.1) is 5.10 Å². The normalized spacial score (nSPS) is 10.3. The lowest BCUT2D eigenvalue weighted by Gasteiger charge is -2.06. The van der Waals surface area contributed by atoms with Crippen LogP contribution >= 0.6 is 0 Å². The monoisotopic (exact) mass is 277 g/mol. The highest BCUT2D eigenvalue weighted by Crippen LogP contribution is 2.31. The number of benzene rings is 1. The van der Waals surface area contributed by atoms with Crippen LogP contribution in [0.25, 0.3) is 0 Å². The number of nitrogens with zero attached hydrogens (tertiary/aromatic N) is 3. The van der Waals surface area contributed by atoms with Gasteiger partial charge in [0.2, 0.25) is 0 Å². The fourth-order valence-corrected chi connectivity index (χ4v) is 1.65. The van der Waals surface area contributed by atoms with Crippen LogP contribution in [0, 0.1) is 17.0 Å². The predicted molar refractivity (Wildman–Crippen MR) is 68.1 cm³/mol. The van der Waals surface area contributed by atoms with Crippen LogP contribution in [-0.4, -0.2) is 25.8 Å². The average Bonchev–Trinajstić information content (AvgIpc) is 2.70. The molecule has 1 N–H and O–H groups in total. The van der Waals surface area contributed by atoms with Gasteiger partial charge in [-0.2, -0.15) is 0 Å². The molecule has 0 saturated heterocycles. The Kier molecular flexibility index (Phi) is 3.38. The summed E-state index contributed by atoms with van der Waals surface area (Å²) >= 11 is 0. The molecular weight excluding hydrogens is 266 g/mol. The van der Waals surface area contributed by atoms with Crippen LogP contribution in [0.3, 0.4) is 0 Å². The smallest absolute Gasteiger partial charge is 0.350 e. The summed E-state index contributed by atoms with van der Waals surface area (Å²) in [5, 5.41) is 23.8. The van der Waals surface area contributed by atoms with E-state index in [-0.39, 0.29) is 22.9 Å². The van der Waals surface area contributed by atoms with Crippen molar-refractivity contribution in [1.29, 1.82) is 0 Å². The summed E-state index contributed by atoms with van der Waals surface area (Å²) in [6, 6.07) is 4.48. The van der Waals surface area contributed by atoms with E-state index in [2.05, 4.69) is 5.10 Å². The number of carbonyl (C=O) groups is 1. The SMILES string of the molecule is Cc1ccc(C(=O)O)c(Oc2nn(C)cc2[N+](=O)[O-])c1. The fraction of sp³-hybridized carbons (Fsp3) is 0.167. The van der Waals surface area contributed by atoms with E-state index in [0.29, 0.717) is 0 Å². The van der Waals surface area contributed by atoms with E-state index in [9.17, 15) is 14.9 Å². The molecule has 0 unspecified atom stereocenters. The van der Waals surface area contributed by atoms with Gasteiger partial charge in [0.05, 0.1) is 4.92 Å². The number of carboxylic acid groups (broad SMARTS) is 1. The summed E-state index contributed by atoms with van der Waals surface area (Å²) in [4.78, 5) is 21.3. The number of carboxylic acids is 1. The lowest BCUT2D eigenvalue weighted by molar-refractivity contribution is -0.385. The first-order chi connectivity index (χ1) is 9.38. The topological polar surface area (TPSA) is 107 Å². The molecule has 0 spiro atoms. The lowest BCUT2D eigenvalue weighted by Crippen LogP contribution is -2.01. The second kappa shape index (κ2) is 5.00. The van der Waals surface area contributed by atoms with Gasteiger partial charge in [0.25, 0.3) is 0 Å². The average molecular weight is 277 g/mol. The summed E-state index contributed by atoms with van der Waals surface area (Å²) in [5.41, 5.74) is 0.351. The van der Waals surface area contributed by atoms with E-state index in [0.717, 1.165) is 5.56 Å². The van der Waals surface area contributed by atoms with Crippen molar-refractivity contribution in [3.8, 4) is 11.6 Å². The molecule has 1 aromatic carbocycles. The van der Waals surface area contributed by atoms with Gasteiger partial charge < -0.3 is 9.84 Å². The Morgan fingerprint density at radius 1 is 1.50 bits per heavy atom. The minimum absolute atomic E-state index is 0.0132. The molecule has 0 aliphatic carbocycles. The molecule has 0 saturated carbocycles. The zero-order valence-electron chi connectivity index (χ0n) is 10.7. The van der Waals surface area contributed by atoms with Crippen molar-refractivity contribution in [2.75, 3.05) is 0 Å². The fourth-order valence-electron chi connectivity index (χ4n) is 1.65. The Morgan fingerprint density at radius 3 is 2.80 bits per heavy atom. The molecule has 2 aromatic rings. The van der Waals surface area contributed by atoms with Gasteiger partial charge in [0.1, 0.15) is 17.5 Å². The third kappa shape index (κ3) is 2.58. The zero-order valence-corrected chi connectivity index (χ0v) is 10.7. The molecule has 0 radical (unpaired) electrons. The van der Waals surface area contributed by atoms with E-state index in [1.54, 1.807) is 13.0 Å². The van der Waals surface area contributed by atoms with E-state index < -0.39 is 10.9 Å². The van der Waals surface area contributed by atoms with E-state index >= 15 is 0 Å². The molecule has 20 heavy (non-hydrogen) atoms. The number of rotatable bonds is 4. The Labute approximate surface area is 113 Å². The molecule has 104 valence electrons. The van der Waals surface area contributed by atoms with Crippen molar-refractivity contribution in [2.24, 2.45) is 7.05 Å². The van der Waals surface area contributed by atoms with Gasteiger partial charge in [-0.05, 0) is 24.6 Å². The summed E-state index contributed by atoms with van der Waals surface area (Å²) in [5.74, 6) is -1.41. The molecule has 0 fully saturated rings. The van der Waals surface area contributed by atoms with Gasteiger partial charge in [0.15, 0.2) is 0 Å². The number of aromatic carboxylic acids is 1. The molecule has 0 aliphatic rings.